The fourth-order valence-corrected chi connectivity index (χ4v) is 1.89. The van der Waals surface area contributed by atoms with Crippen LogP contribution < -0.4 is 14.2 Å². The number of hydrogen-bond donors (Lipinski definition) is 0. The predicted octanol–water partition coefficient (Wildman–Crippen LogP) is 4.14. The molecule has 2 aromatic rings. The van der Waals surface area contributed by atoms with Crippen LogP contribution in [0.5, 0.6) is 17.2 Å². The van der Waals surface area contributed by atoms with Crippen molar-refractivity contribution in [3.63, 3.8) is 0 Å². The van der Waals surface area contributed by atoms with E-state index in [1.54, 1.807) is 30.3 Å². The van der Waals surface area contributed by atoms with E-state index in [0.29, 0.717) is 23.7 Å². The average Bonchev–Trinajstić information content (AvgIpc) is 2.54. The third kappa shape index (κ3) is 4.85. The Morgan fingerprint density at radius 3 is 2.39 bits per heavy atom. The third-order valence-electron chi connectivity index (χ3n) is 2.92. The molecule has 0 radical (unpaired) electrons. The second-order valence-corrected chi connectivity index (χ2v) is 4.52. The number of nitriles is 1. The number of alkyl halides is 2. The first-order chi connectivity index (χ1) is 11.1. The van der Waals surface area contributed by atoms with Crippen LogP contribution in [0.25, 0.3) is 0 Å². The van der Waals surface area contributed by atoms with Crippen LogP contribution in [-0.4, -0.2) is 13.2 Å². The number of benzene rings is 2. The zero-order valence-electron chi connectivity index (χ0n) is 12.5. The summed E-state index contributed by atoms with van der Waals surface area (Å²) in [5.74, 6) is 1.10. The van der Waals surface area contributed by atoms with E-state index in [1.807, 2.05) is 13.0 Å². The summed E-state index contributed by atoms with van der Waals surface area (Å²) in [5.41, 5.74) is 1.27. The van der Waals surface area contributed by atoms with E-state index in [1.165, 1.54) is 12.1 Å². The molecule has 0 aliphatic heterocycles. The summed E-state index contributed by atoms with van der Waals surface area (Å²) in [7, 11) is 0. The Bertz CT molecular complexity index is 681. The molecule has 4 nitrogen and oxygen atoms in total. The summed E-state index contributed by atoms with van der Waals surface area (Å²) in [6.45, 7) is -0.319. The van der Waals surface area contributed by atoms with Crippen molar-refractivity contribution in [2.24, 2.45) is 0 Å². The Kier molecular flexibility index (Phi) is 5.75. The highest BCUT2D eigenvalue weighted by Crippen LogP contribution is 2.29. The van der Waals surface area contributed by atoms with E-state index in [4.69, 9.17) is 14.7 Å². The molecule has 0 amide bonds. The van der Waals surface area contributed by atoms with Gasteiger partial charge in [-0.2, -0.15) is 14.0 Å². The lowest BCUT2D eigenvalue weighted by molar-refractivity contribution is -0.0498. The van der Waals surface area contributed by atoms with Gasteiger partial charge in [-0.05, 0) is 36.8 Å². The molecule has 0 saturated heterocycles. The largest absolute Gasteiger partial charge is 0.490 e. The van der Waals surface area contributed by atoms with Crippen LogP contribution in [0.3, 0.4) is 0 Å². The zero-order valence-corrected chi connectivity index (χ0v) is 12.5. The van der Waals surface area contributed by atoms with Crippen molar-refractivity contribution in [1.82, 2.24) is 0 Å². The van der Waals surface area contributed by atoms with Gasteiger partial charge in [0.1, 0.15) is 12.4 Å². The van der Waals surface area contributed by atoms with Gasteiger partial charge in [-0.15, -0.1) is 0 Å². The van der Waals surface area contributed by atoms with E-state index in [2.05, 4.69) is 4.74 Å². The Balaban J connectivity index is 2.04. The maximum atomic E-state index is 12.1. The maximum Gasteiger partial charge on any atom is 0.387 e. The molecule has 0 heterocycles. The molecule has 0 fully saturated rings. The van der Waals surface area contributed by atoms with Gasteiger partial charge in [0, 0.05) is 6.07 Å². The van der Waals surface area contributed by atoms with Crippen molar-refractivity contribution in [2.45, 2.75) is 20.1 Å². The SMILES string of the molecule is CCOc1cc(C#N)ccc1OCc1ccc(OC(F)F)cc1. The van der Waals surface area contributed by atoms with Gasteiger partial charge in [-0.1, -0.05) is 12.1 Å². The number of hydrogen-bond acceptors (Lipinski definition) is 4. The lowest BCUT2D eigenvalue weighted by Gasteiger charge is -2.12. The van der Waals surface area contributed by atoms with Gasteiger partial charge in [-0.3, -0.25) is 0 Å². The highest BCUT2D eigenvalue weighted by atomic mass is 19.3. The van der Waals surface area contributed by atoms with Gasteiger partial charge in [0.15, 0.2) is 11.5 Å². The fourth-order valence-electron chi connectivity index (χ4n) is 1.89. The molecule has 2 rings (SSSR count). The molecule has 6 heteroatoms. The summed E-state index contributed by atoms with van der Waals surface area (Å²) in [6.07, 6.45) is 0. The average molecular weight is 319 g/mol. The van der Waals surface area contributed by atoms with Crippen LogP contribution in [-0.2, 0) is 6.61 Å². The molecule has 0 aliphatic rings. The molecule has 0 atom stereocenters. The smallest absolute Gasteiger partial charge is 0.387 e. The first-order valence-corrected chi connectivity index (χ1v) is 6.96. The molecular weight excluding hydrogens is 304 g/mol. The van der Waals surface area contributed by atoms with Gasteiger partial charge >= 0.3 is 6.61 Å². The second kappa shape index (κ2) is 7.99. The van der Waals surface area contributed by atoms with Crippen LogP contribution in [0.1, 0.15) is 18.1 Å². The zero-order chi connectivity index (χ0) is 16.7. The van der Waals surface area contributed by atoms with Crippen LogP contribution in [0.15, 0.2) is 42.5 Å². The molecule has 2 aromatic carbocycles. The highest BCUT2D eigenvalue weighted by molar-refractivity contribution is 5.46. The van der Waals surface area contributed by atoms with Gasteiger partial charge in [0.25, 0.3) is 0 Å². The summed E-state index contributed by atoms with van der Waals surface area (Å²) in [6, 6.07) is 13.1. The number of nitrogens with zero attached hydrogens (tertiary/aromatic N) is 1. The fraction of sp³-hybridized carbons (Fsp3) is 0.235. The van der Waals surface area contributed by atoms with Gasteiger partial charge in [0.2, 0.25) is 0 Å². The highest BCUT2D eigenvalue weighted by Gasteiger charge is 2.08. The molecule has 0 saturated carbocycles. The van der Waals surface area contributed by atoms with Gasteiger partial charge in [-0.25, -0.2) is 0 Å². The lowest BCUT2D eigenvalue weighted by atomic mass is 10.2. The normalized spacial score (nSPS) is 10.2. The van der Waals surface area contributed by atoms with Gasteiger partial charge in [0.05, 0.1) is 18.2 Å². The molecule has 23 heavy (non-hydrogen) atoms. The van der Waals surface area contributed by atoms with Crippen molar-refractivity contribution in [2.75, 3.05) is 6.61 Å². The number of rotatable bonds is 7. The lowest BCUT2D eigenvalue weighted by Crippen LogP contribution is -2.02. The summed E-state index contributed by atoms with van der Waals surface area (Å²) in [4.78, 5) is 0. The van der Waals surface area contributed by atoms with Crippen molar-refractivity contribution < 1.29 is 23.0 Å². The molecule has 0 bridgehead atoms. The Labute approximate surface area is 132 Å². The van der Waals surface area contributed by atoms with Crippen molar-refractivity contribution in [1.29, 1.82) is 5.26 Å². The maximum absolute atomic E-state index is 12.1. The molecule has 0 aliphatic carbocycles. The van der Waals surface area contributed by atoms with Crippen molar-refractivity contribution in [3.05, 3.63) is 53.6 Å². The molecule has 0 aromatic heterocycles. The number of halogens is 2. The number of ether oxygens (including phenoxy) is 3. The van der Waals surface area contributed by atoms with Crippen LogP contribution in [0.4, 0.5) is 8.78 Å². The summed E-state index contributed by atoms with van der Waals surface area (Å²) in [5, 5.41) is 8.91. The Morgan fingerprint density at radius 1 is 1.04 bits per heavy atom. The quantitative estimate of drug-likeness (QED) is 0.770. The monoisotopic (exact) mass is 319 g/mol. The van der Waals surface area contributed by atoms with Gasteiger partial charge < -0.3 is 14.2 Å². The molecule has 120 valence electrons. The van der Waals surface area contributed by atoms with E-state index < -0.39 is 6.61 Å². The topological polar surface area (TPSA) is 51.5 Å². The van der Waals surface area contributed by atoms with E-state index in [0.717, 1.165) is 5.56 Å². The van der Waals surface area contributed by atoms with Crippen molar-refractivity contribution in [3.8, 4) is 23.3 Å². The minimum atomic E-state index is -2.84. The van der Waals surface area contributed by atoms with Crippen LogP contribution in [0, 0.1) is 11.3 Å². The first kappa shape index (κ1) is 16.6. The third-order valence-corrected chi connectivity index (χ3v) is 2.92. The Morgan fingerprint density at radius 2 is 1.78 bits per heavy atom. The Hall–Kier alpha value is -2.81. The minimum absolute atomic E-state index is 0.0946. The second-order valence-electron chi connectivity index (χ2n) is 4.52. The molecule has 0 spiro atoms. The van der Waals surface area contributed by atoms with Crippen LogP contribution >= 0.6 is 0 Å². The van der Waals surface area contributed by atoms with E-state index in [-0.39, 0.29) is 12.4 Å². The molecule has 0 N–H and O–H groups in total. The van der Waals surface area contributed by atoms with Crippen molar-refractivity contribution >= 4 is 0 Å². The summed E-state index contributed by atoms with van der Waals surface area (Å²) >= 11 is 0. The predicted molar refractivity (Wildman–Crippen MR) is 79.7 cm³/mol. The molecule has 0 unspecified atom stereocenters. The standard InChI is InChI=1S/C17H15F2NO3/c1-2-21-16-9-13(10-20)5-8-15(16)22-11-12-3-6-14(7-4-12)23-17(18)19/h3-9,17H,2,11H2,1H3. The molecular formula is C17H15F2NO3. The van der Waals surface area contributed by atoms with E-state index >= 15 is 0 Å². The van der Waals surface area contributed by atoms with E-state index in [9.17, 15) is 8.78 Å². The first-order valence-electron chi connectivity index (χ1n) is 6.96. The van der Waals surface area contributed by atoms with Crippen LogP contribution in [0.2, 0.25) is 0 Å². The minimum Gasteiger partial charge on any atom is -0.490 e. The summed E-state index contributed by atoms with van der Waals surface area (Å²) < 4.78 is 39.6.